The van der Waals surface area contributed by atoms with Crippen LogP contribution in [0.3, 0.4) is 0 Å². The smallest absolute Gasteiger partial charge is 0.244 e. The van der Waals surface area contributed by atoms with E-state index in [0.717, 1.165) is 16.7 Å². The monoisotopic (exact) mass is 344 g/mol. The average molecular weight is 345 g/mol. The molecule has 0 saturated heterocycles. The first kappa shape index (κ1) is 18.0. The Labute approximate surface area is 147 Å². The molecule has 2 amide bonds. The maximum atomic E-state index is 12.3. The standard InChI is InChI=1S/C19H21ClN2O2/c1-13-6-4-7-16(10-13)11-22(15(3)23)12-19(24)21-18-9-5-8-17(20)14(18)2/h4-10H,11-12H2,1-3H3,(H,21,24). The van der Waals surface area contributed by atoms with Crippen LogP contribution in [0.1, 0.15) is 23.6 Å². The van der Waals surface area contributed by atoms with Crippen molar-refractivity contribution in [3.05, 3.63) is 64.2 Å². The lowest BCUT2D eigenvalue weighted by Gasteiger charge is -2.21. The van der Waals surface area contributed by atoms with Crippen LogP contribution in [0.15, 0.2) is 42.5 Å². The van der Waals surface area contributed by atoms with E-state index in [1.54, 1.807) is 18.2 Å². The first-order valence-electron chi connectivity index (χ1n) is 7.73. The molecule has 0 aliphatic heterocycles. The Morgan fingerprint density at radius 2 is 1.83 bits per heavy atom. The molecule has 0 bridgehead atoms. The third-order valence-electron chi connectivity index (χ3n) is 3.78. The van der Waals surface area contributed by atoms with E-state index in [1.807, 2.05) is 38.1 Å². The van der Waals surface area contributed by atoms with Gasteiger partial charge in [0.1, 0.15) is 6.54 Å². The number of halogens is 1. The molecule has 0 heterocycles. The van der Waals surface area contributed by atoms with Gasteiger partial charge >= 0.3 is 0 Å². The van der Waals surface area contributed by atoms with Crippen molar-refractivity contribution < 1.29 is 9.59 Å². The lowest BCUT2D eigenvalue weighted by Crippen LogP contribution is -2.36. The zero-order valence-electron chi connectivity index (χ0n) is 14.1. The second kappa shape index (κ2) is 7.97. The van der Waals surface area contributed by atoms with Crippen molar-refractivity contribution >= 4 is 29.1 Å². The van der Waals surface area contributed by atoms with Crippen molar-refractivity contribution in [2.75, 3.05) is 11.9 Å². The molecule has 4 nitrogen and oxygen atoms in total. The molecule has 2 aromatic carbocycles. The quantitative estimate of drug-likeness (QED) is 0.893. The number of carbonyl (C=O) groups excluding carboxylic acids is 2. The summed E-state index contributed by atoms with van der Waals surface area (Å²) in [6.45, 7) is 5.70. The van der Waals surface area contributed by atoms with E-state index in [9.17, 15) is 9.59 Å². The van der Waals surface area contributed by atoms with Gasteiger partial charge in [0.15, 0.2) is 0 Å². The van der Waals surface area contributed by atoms with Gasteiger partial charge in [-0.05, 0) is 37.1 Å². The van der Waals surface area contributed by atoms with E-state index in [-0.39, 0.29) is 18.4 Å². The van der Waals surface area contributed by atoms with Crippen LogP contribution < -0.4 is 5.32 Å². The Morgan fingerprint density at radius 1 is 1.12 bits per heavy atom. The van der Waals surface area contributed by atoms with Crippen LogP contribution in [0.5, 0.6) is 0 Å². The number of amides is 2. The molecule has 126 valence electrons. The largest absolute Gasteiger partial charge is 0.329 e. The van der Waals surface area contributed by atoms with Gasteiger partial charge in [-0.1, -0.05) is 47.5 Å². The first-order valence-corrected chi connectivity index (χ1v) is 8.10. The molecule has 0 fully saturated rings. The summed E-state index contributed by atoms with van der Waals surface area (Å²) in [7, 11) is 0. The molecule has 0 radical (unpaired) electrons. The number of hydrogen-bond donors (Lipinski definition) is 1. The Hall–Kier alpha value is -2.33. The molecule has 0 aliphatic carbocycles. The van der Waals surface area contributed by atoms with Crippen molar-refractivity contribution in [1.82, 2.24) is 4.90 Å². The number of hydrogen-bond acceptors (Lipinski definition) is 2. The number of anilines is 1. The Morgan fingerprint density at radius 3 is 2.50 bits per heavy atom. The fourth-order valence-electron chi connectivity index (χ4n) is 2.42. The van der Waals surface area contributed by atoms with Crippen LogP contribution in [0, 0.1) is 13.8 Å². The molecule has 0 unspecified atom stereocenters. The number of nitrogens with one attached hydrogen (secondary N) is 1. The fraction of sp³-hybridized carbons (Fsp3) is 0.263. The number of aryl methyl sites for hydroxylation is 1. The lowest BCUT2D eigenvalue weighted by atomic mass is 10.1. The van der Waals surface area contributed by atoms with Crippen LogP contribution in [-0.2, 0) is 16.1 Å². The normalized spacial score (nSPS) is 10.3. The SMILES string of the molecule is CC(=O)N(CC(=O)Nc1cccc(Cl)c1C)Cc1cccc(C)c1. The maximum absolute atomic E-state index is 12.3. The second-order valence-corrected chi connectivity index (χ2v) is 6.23. The highest BCUT2D eigenvalue weighted by molar-refractivity contribution is 6.31. The van der Waals surface area contributed by atoms with E-state index < -0.39 is 0 Å². The van der Waals surface area contributed by atoms with E-state index >= 15 is 0 Å². The van der Waals surface area contributed by atoms with Crippen LogP contribution >= 0.6 is 11.6 Å². The number of rotatable bonds is 5. The van der Waals surface area contributed by atoms with Crippen LogP contribution in [-0.4, -0.2) is 23.3 Å². The van der Waals surface area contributed by atoms with Gasteiger partial charge in [0.05, 0.1) is 0 Å². The lowest BCUT2D eigenvalue weighted by molar-refractivity contribution is -0.133. The van der Waals surface area contributed by atoms with Crippen molar-refractivity contribution in [3.63, 3.8) is 0 Å². The highest BCUT2D eigenvalue weighted by Crippen LogP contribution is 2.22. The number of benzene rings is 2. The molecule has 0 atom stereocenters. The molecular weight excluding hydrogens is 324 g/mol. The molecule has 1 N–H and O–H groups in total. The highest BCUT2D eigenvalue weighted by atomic mass is 35.5. The van der Waals surface area contributed by atoms with Gasteiger partial charge in [0.2, 0.25) is 11.8 Å². The van der Waals surface area contributed by atoms with Gasteiger partial charge < -0.3 is 10.2 Å². The number of carbonyl (C=O) groups is 2. The van der Waals surface area contributed by atoms with E-state index in [0.29, 0.717) is 17.3 Å². The van der Waals surface area contributed by atoms with Crippen LogP contribution in [0.25, 0.3) is 0 Å². The zero-order valence-corrected chi connectivity index (χ0v) is 14.9. The van der Waals surface area contributed by atoms with Gasteiger partial charge in [-0.2, -0.15) is 0 Å². The highest BCUT2D eigenvalue weighted by Gasteiger charge is 2.15. The van der Waals surface area contributed by atoms with E-state index in [2.05, 4.69) is 5.32 Å². The second-order valence-electron chi connectivity index (χ2n) is 5.82. The third-order valence-corrected chi connectivity index (χ3v) is 4.19. The number of nitrogens with zero attached hydrogens (tertiary/aromatic N) is 1. The van der Waals surface area contributed by atoms with Crippen molar-refractivity contribution in [3.8, 4) is 0 Å². The minimum absolute atomic E-state index is 0.00473. The molecule has 2 aromatic rings. The summed E-state index contributed by atoms with van der Waals surface area (Å²) in [6.07, 6.45) is 0. The molecule has 5 heteroatoms. The van der Waals surface area contributed by atoms with Gasteiger partial charge in [0.25, 0.3) is 0 Å². The molecule has 24 heavy (non-hydrogen) atoms. The van der Waals surface area contributed by atoms with Crippen LogP contribution in [0.4, 0.5) is 5.69 Å². The minimum atomic E-state index is -0.247. The molecule has 0 saturated carbocycles. The van der Waals surface area contributed by atoms with E-state index in [4.69, 9.17) is 11.6 Å². The Kier molecular flexibility index (Phi) is 5.99. The summed E-state index contributed by atoms with van der Waals surface area (Å²) < 4.78 is 0. The summed E-state index contributed by atoms with van der Waals surface area (Å²) in [5.74, 6) is -0.391. The Bertz CT molecular complexity index is 759. The predicted octanol–water partition coefficient (Wildman–Crippen LogP) is 3.94. The minimum Gasteiger partial charge on any atom is -0.329 e. The van der Waals surface area contributed by atoms with Gasteiger partial charge in [0, 0.05) is 24.2 Å². The summed E-state index contributed by atoms with van der Waals surface area (Å²) in [6, 6.07) is 13.2. The van der Waals surface area contributed by atoms with Gasteiger partial charge in [-0.25, -0.2) is 0 Å². The summed E-state index contributed by atoms with van der Waals surface area (Å²) in [5, 5.41) is 3.41. The first-order chi connectivity index (χ1) is 11.4. The van der Waals surface area contributed by atoms with Gasteiger partial charge in [-0.3, -0.25) is 9.59 Å². The zero-order chi connectivity index (χ0) is 17.7. The fourth-order valence-corrected chi connectivity index (χ4v) is 2.59. The predicted molar refractivity (Wildman–Crippen MR) is 97.1 cm³/mol. The maximum Gasteiger partial charge on any atom is 0.244 e. The van der Waals surface area contributed by atoms with Crippen molar-refractivity contribution in [1.29, 1.82) is 0 Å². The summed E-state index contributed by atoms with van der Waals surface area (Å²) >= 11 is 6.06. The molecule has 0 aliphatic rings. The summed E-state index contributed by atoms with van der Waals surface area (Å²) in [5.41, 5.74) is 3.58. The molecule has 0 spiro atoms. The van der Waals surface area contributed by atoms with Crippen molar-refractivity contribution in [2.45, 2.75) is 27.3 Å². The summed E-state index contributed by atoms with van der Waals surface area (Å²) in [4.78, 5) is 25.7. The third kappa shape index (κ3) is 4.83. The topological polar surface area (TPSA) is 49.4 Å². The Balaban J connectivity index is 2.06. The molecule has 0 aromatic heterocycles. The average Bonchev–Trinajstić information content (AvgIpc) is 2.51. The van der Waals surface area contributed by atoms with Crippen molar-refractivity contribution in [2.24, 2.45) is 0 Å². The molecule has 2 rings (SSSR count). The van der Waals surface area contributed by atoms with Crippen LogP contribution in [0.2, 0.25) is 5.02 Å². The molecular formula is C19H21ClN2O2. The van der Waals surface area contributed by atoms with Gasteiger partial charge in [-0.15, -0.1) is 0 Å². The van der Waals surface area contributed by atoms with E-state index in [1.165, 1.54) is 11.8 Å².